The number of aromatic amines is 1. The molecule has 19 heavy (non-hydrogen) atoms. The fraction of sp³-hybridized carbons (Fsp3) is 0.0833. The van der Waals surface area contributed by atoms with Crippen LogP contribution >= 0.6 is 0 Å². The Morgan fingerprint density at radius 1 is 0.895 bits per heavy atom. The van der Waals surface area contributed by atoms with Crippen molar-refractivity contribution in [2.75, 3.05) is 0 Å². The number of hydrogen-bond donors (Lipinski definition) is 1. The van der Waals surface area contributed by atoms with E-state index in [9.17, 15) is 26.7 Å². The average molecular weight is 275 g/mol. The quantitative estimate of drug-likeness (QED) is 0.484. The van der Waals surface area contributed by atoms with Gasteiger partial charge >= 0.3 is 0 Å². The van der Waals surface area contributed by atoms with Crippen LogP contribution < -0.4 is 5.56 Å². The second-order valence-electron chi connectivity index (χ2n) is 3.84. The molecule has 2 rings (SSSR count). The summed E-state index contributed by atoms with van der Waals surface area (Å²) in [4.78, 5) is 13.3. The molecular formula is C12H6F5NO. The van der Waals surface area contributed by atoms with E-state index in [-0.39, 0.29) is 11.1 Å². The number of benzene rings is 1. The van der Waals surface area contributed by atoms with Crippen molar-refractivity contribution < 1.29 is 22.0 Å². The van der Waals surface area contributed by atoms with Gasteiger partial charge in [-0.25, -0.2) is 22.0 Å². The normalized spacial score (nSPS) is 10.8. The van der Waals surface area contributed by atoms with E-state index >= 15 is 0 Å². The van der Waals surface area contributed by atoms with E-state index in [4.69, 9.17) is 0 Å². The molecule has 0 aliphatic heterocycles. The zero-order chi connectivity index (χ0) is 14.3. The first-order chi connectivity index (χ1) is 8.84. The predicted octanol–water partition coefficient (Wildman–Crippen LogP) is 3.05. The lowest BCUT2D eigenvalue weighted by molar-refractivity contribution is 0.381. The Hall–Kier alpha value is -2.18. The Bertz CT molecular complexity index is 694. The molecule has 0 saturated carbocycles. The van der Waals surface area contributed by atoms with Gasteiger partial charge in [-0.05, 0) is 18.1 Å². The number of aromatic nitrogens is 1. The summed E-state index contributed by atoms with van der Waals surface area (Å²) in [5.74, 6) is -10.3. The molecule has 0 unspecified atom stereocenters. The zero-order valence-electron chi connectivity index (χ0n) is 9.45. The molecule has 0 fully saturated rings. The number of H-pyrrole nitrogens is 1. The van der Waals surface area contributed by atoms with Crippen LogP contribution in [0, 0.1) is 36.0 Å². The molecule has 1 N–H and O–H groups in total. The van der Waals surface area contributed by atoms with Gasteiger partial charge in [-0.3, -0.25) is 4.79 Å². The highest BCUT2D eigenvalue weighted by molar-refractivity contribution is 5.68. The maximum absolute atomic E-state index is 13.6. The summed E-state index contributed by atoms with van der Waals surface area (Å²) in [7, 11) is 0. The highest BCUT2D eigenvalue weighted by atomic mass is 19.2. The fourth-order valence-corrected chi connectivity index (χ4v) is 1.65. The molecule has 0 bridgehead atoms. The van der Waals surface area contributed by atoms with Gasteiger partial charge < -0.3 is 4.98 Å². The van der Waals surface area contributed by atoms with E-state index in [1.165, 1.54) is 6.92 Å². The summed E-state index contributed by atoms with van der Waals surface area (Å²) in [5.41, 5.74) is -2.01. The molecule has 0 aliphatic carbocycles. The predicted molar refractivity (Wildman–Crippen MR) is 57.0 cm³/mol. The van der Waals surface area contributed by atoms with Crippen molar-refractivity contribution in [3.63, 3.8) is 0 Å². The molecule has 0 saturated heterocycles. The third-order valence-corrected chi connectivity index (χ3v) is 2.61. The lowest BCUT2D eigenvalue weighted by Gasteiger charge is -2.10. The minimum atomic E-state index is -2.23. The molecule has 0 spiro atoms. The van der Waals surface area contributed by atoms with Crippen molar-refractivity contribution in [1.29, 1.82) is 0 Å². The van der Waals surface area contributed by atoms with E-state index < -0.39 is 40.2 Å². The van der Waals surface area contributed by atoms with Crippen molar-refractivity contribution in [2.24, 2.45) is 0 Å². The van der Waals surface area contributed by atoms with Crippen LogP contribution in [0.2, 0.25) is 0 Å². The van der Waals surface area contributed by atoms with E-state index in [0.29, 0.717) is 0 Å². The minimum Gasteiger partial charge on any atom is -0.329 e. The molecule has 0 amide bonds. The number of rotatable bonds is 1. The van der Waals surface area contributed by atoms with E-state index in [1.807, 2.05) is 0 Å². The van der Waals surface area contributed by atoms with Gasteiger partial charge in [-0.1, -0.05) is 0 Å². The molecule has 2 nitrogen and oxygen atoms in total. The summed E-state index contributed by atoms with van der Waals surface area (Å²) in [6, 6.07) is 0.771. The Morgan fingerprint density at radius 2 is 1.37 bits per heavy atom. The first kappa shape index (κ1) is 13.3. The Kier molecular flexibility index (Phi) is 3.13. The zero-order valence-corrected chi connectivity index (χ0v) is 9.45. The summed E-state index contributed by atoms with van der Waals surface area (Å²) >= 11 is 0. The van der Waals surface area contributed by atoms with Crippen LogP contribution in [0.5, 0.6) is 0 Å². The second-order valence-corrected chi connectivity index (χ2v) is 3.84. The fourth-order valence-electron chi connectivity index (χ4n) is 1.65. The summed E-state index contributed by atoms with van der Waals surface area (Å²) in [6.07, 6.45) is 1.12. The van der Waals surface area contributed by atoms with Crippen molar-refractivity contribution in [1.82, 2.24) is 4.98 Å². The van der Waals surface area contributed by atoms with Gasteiger partial charge in [0.2, 0.25) is 11.4 Å². The van der Waals surface area contributed by atoms with E-state index in [0.717, 1.165) is 12.3 Å². The lowest BCUT2D eigenvalue weighted by Crippen LogP contribution is -2.09. The molecule has 1 heterocycles. The molecule has 7 heteroatoms. The third kappa shape index (κ3) is 2.00. The smallest absolute Gasteiger partial charge is 0.248 e. The number of nitrogens with one attached hydrogen (secondary N) is 1. The third-order valence-electron chi connectivity index (χ3n) is 2.61. The van der Waals surface area contributed by atoms with Crippen LogP contribution in [0.25, 0.3) is 11.1 Å². The first-order valence-corrected chi connectivity index (χ1v) is 5.05. The van der Waals surface area contributed by atoms with Crippen molar-refractivity contribution >= 4 is 0 Å². The largest absolute Gasteiger partial charge is 0.329 e. The number of hydrogen-bond acceptors (Lipinski definition) is 1. The van der Waals surface area contributed by atoms with E-state index in [1.54, 1.807) is 0 Å². The van der Waals surface area contributed by atoms with Crippen LogP contribution in [0.15, 0.2) is 17.1 Å². The van der Waals surface area contributed by atoms with Crippen LogP contribution in [0.4, 0.5) is 22.0 Å². The monoisotopic (exact) mass is 275 g/mol. The van der Waals surface area contributed by atoms with Crippen molar-refractivity contribution in [3.05, 3.63) is 57.3 Å². The number of halogens is 5. The van der Waals surface area contributed by atoms with Gasteiger partial charge in [-0.2, -0.15) is 0 Å². The second kappa shape index (κ2) is 4.49. The molecule has 100 valence electrons. The summed E-state index contributed by atoms with van der Waals surface area (Å²) in [5, 5.41) is 0. The molecule has 0 radical (unpaired) electrons. The van der Waals surface area contributed by atoms with Crippen molar-refractivity contribution in [3.8, 4) is 11.1 Å². The summed E-state index contributed by atoms with van der Waals surface area (Å²) < 4.78 is 66.2. The SMILES string of the molecule is Cc1c[nH]c(=O)cc1-c1c(F)c(F)c(F)c(F)c1F. The molecule has 2 aromatic rings. The summed E-state index contributed by atoms with van der Waals surface area (Å²) in [6.45, 7) is 1.36. The highest BCUT2D eigenvalue weighted by Crippen LogP contribution is 2.32. The number of aryl methyl sites for hydroxylation is 1. The van der Waals surface area contributed by atoms with Gasteiger partial charge in [0.05, 0.1) is 5.56 Å². The molecule has 0 atom stereocenters. The molecular weight excluding hydrogens is 269 g/mol. The molecule has 1 aromatic carbocycles. The lowest BCUT2D eigenvalue weighted by atomic mass is 10.0. The van der Waals surface area contributed by atoms with Crippen molar-refractivity contribution in [2.45, 2.75) is 6.92 Å². The van der Waals surface area contributed by atoms with Gasteiger partial charge in [0.15, 0.2) is 23.3 Å². The van der Waals surface area contributed by atoms with Gasteiger partial charge in [-0.15, -0.1) is 0 Å². The van der Waals surface area contributed by atoms with Gasteiger partial charge in [0.25, 0.3) is 0 Å². The maximum atomic E-state index is 13.6. The topological polar surface area (TPSA) is 32.9 Å². The van der Waals surface area contributed by atoms with Crippen LogP contribution in [0.1, 0.15) is 5.56 Å². The van der Waals surface area contributed by atoms with Crippen LogP contribution in [-0.2, 0) is 0 Å². The van der Waals surface area contributed by atoms with E-state index in [2.05, 4.69) is 4.98 Å². The van der Waals surface area contributed by atoms with Crippen LogP contribution in [0.3, 0.4) is 0 Å². The van der Waals surface area contributed by atoms with Gasteiger partial charge in [0.1, 0.15) is 0 Å². The average Bonchev–Trinajstić information content (AvgIpc) is 2.38. The highest BCUT2D eigenvalue weighted by Gasteiger charge is 2.27. The van der Waals surface area contributed by atoms with Crippen LogP contribution in [-0.4, -0.2) is 4.98 Å². The number of pyridine rings is 1. The Balaban J connectivity index is 2.91. The standard InChI is InChI=1S/C12H6F5NO/c1-4-3-18-6(19)2-5(4)7-8(13)10(15)12(17)11(16)9(7)14/h2-3H,1H3,(H,18,19). The minimum absolute atomic E-state index is 0.169. The Morgan fingerprint density at radius 3 is 1.89 bits per heavy atom. The van der Waals surface area contributed by atoms with Gasteiger partial charge in [0, 0.05) is 12.3 Å². The first-order valence-electron chi connectivity index (χ1n) is 5.05. The molecule has 1 aromatic heterocycles. The maximum Gasteiger partial charge on any atom is 0.248 e. The molecule has 0 aliphatic rings. The Labute approximate surface area is 103 Å².